The Hall–Kier alpha value is -1.79. The van der Waals surface area contributed by atoms with Crippen LogP contribution in [0, 0.1) is 5.92 Å². The van der Waals surface area contributed by atoms with E-state index in [9.17, 15) is 0 Å². The van der Waals surface area contributed by atoms with Crippen LogP contribution in [0.4, 0.5) is 0 Å². The van der Waals surface area contributed by atoms with E-state index < -0.39 is 0 Å². The van der Waals surface area contributed by atoms with Gasteiger partial charge in [-0.2, -0.15) is 0 Å². The molecule has 1 aliphatic rings. The van der Waals surface area contributed by atoms with Gasteiger partial charge in [0.1, 0.15) is 0 Å². The van der Waals surface area contributed by atoms with E-state index in [1.165, 1.54) is 29.8 Å². The molecule has 0 amide bonds. The van der Waals surface area contributed by atoms with Crippen LogP contribution < -0.4 is 10.6 Å². The lowest BCUT2D eigenvalue weighted by molar-refractivity contribution is 0.125. The maximum absolute atomic E-state index is 4.38. The standard InChI is InChI=1S/C19H29N5S/c1-20-19(21-12-15-8-10-23(2)14-15)22-13-16-6-4-9-24(3)18(16)17-7-5-11-25-17/h5,7-8,10-11,14,16,18H,4,6,9,12-13H2,1-3H3,(H2,20,21,22). The van der Waals surface area contributed by atoms with Crippen molar-refractivity contribution >= 4 is 17.3 Å². The molecule has 2 aromatic rings. The lowest BCUT2D eigenvalue weighted by Gasteiger charge is -2.39. The van der Waals surface area contributed by atoms with Gasteiger partial charge in [0.05, 0.1) is 0 Å². The fraction of sp³-hybridized carbons (Fsp3) is 0.526. The summed E-state index contributed by atoms with van der Waals surface area (Å²) >= 11 is 1.87. The maximum Gasteiger partial charge on any atom is 0.191 e. The van der Waals surface area contributed by atoms with Crippen molar-refractivity contribution in [3.05, 3.63) is 46.4 Å². The zero-order chi connectivity index (χ0) is 17.6. The molecule has 2 aromatic heterocycles. The van der Waals surface area contributed by atoms with Gasteiger partial charge in [0.25, 0.3) is 0 Å². The first-order valence-electron chi connectivity index (χ1n) is 8.96. The molecular weight excluding hydrogens is 330 g/mol. The minimum atomic E-state index is 0.508. The zero-order valence-corrected chi connectivity index (χ0v) is 16.2. The summed E-state index contributed by atoms with van der Waals surface area (Å²) in [5.41, 5.74) is 1.26. The van der Waals surface area contributed by atoms with Crippen LogP contribution in [0.15, 0.2) is 41.0 Å². The highest BCUT2D eigenvalue weighted by Gasteiger charge is 2.31. The summed E-state index contributed by atoms with van der Waals surface area (Å²) in [5.74, 6) is 1.48. The second-order valence-corrected chi connectivity index (χ2v) is 7.81. The molecule has 0 aliphatic carbocycles. The highest BCUT2D eigenvalue weighted by Crippen LogP contribution is 2.36. The highest BCUT2D eigenvalue weighted by molar-refractivity contribution is 7.10. The summed E-state index contributed by atoms with van der Waals surface area (Å²) in [6, 6.07) is 7.07. The van der Waals surface area contributed by atoms with Crippen molar-refractivity contribution in [3.8, 4) is 0 Å². The minimum absolute atomic E-state index is 0.508. The van der Waals surface area contributed by atoms with Gasteiger partial charge in [-0.25, -0.2) is 0 Å². The molecule has 0 spiro atoms. The van der Waals surface area contributed by atoms with Gasteiger partial charge in [-0.1, -0.05) is 6.07 Å². The molecule has 3 heterocycles. The molecule has 0 saturated carbocycles. The molecule has 0 radical (unpaired) electrons. The molecule has 0 aromatic carbocycles. The van der Waals surface area contributed by atoms with E-state index >= 15 is 0 Å². The van der Waals surface area contributed by atoms with Crippen LogP contribution >= 0.6 is 11.3 Å². The molecule has 136 valence electrons. The van der Waals surface area contributed by atoms with E-state index in [1.54, 1.807) is 0 Å². The molecule has 3 rings (SSSR count). The zero-order valence-electron chi connectivity index (χ0n) is 15.4. The number of aromatic nitrogens is 1. The largest absolute Gasteiger partial charge is 0.357 e. The third-order valence-corrected chi connectivity index (χ3v) is 5.89. The van der Waals surface area contributed by atoms with Gasteiger partial charge in [-0.3, -0.25) is 9.89 Å². The lowest BCUT2D eigenvalue weighted by Crippen LogP contribution is -2.44. The van der Waals surface area contributed by atoms with Crippen LogP contribution in [0.5, 0.6) is 0 Å². The van der Waals surface area contributed by atoms with Gasteiger partial charge in [-0.15, -0.1) is 11.3 Å². The molecule has 25 heavy (non-hydrogen) atoms. The average molecular weight is 360 g/mol. The topological polar surface area (TPSA) is 44.6 Å². The van der Waals surface area contributed by atoms with Gasteiger partial charge < -0.3 is 15.2 Å². The van der Waals surface area contributed by atoms with Crippen molar-refractivity contribution in [2.75, 3.05) is 27.2 Å². The van der Waals surface area contributed by atoms with Crippen LogP contribution in [0.25, 0.3) is 0 Å². The third kappa shape index (κ3) is 4.64. The summed E-state index contributed by atoms with van der Waals surface area (Å²) in [6.07, 6.45) is 6.72. The fourth-order valence-corrected chi connectivity index (χ4v) is 4.67. The molecular formula is C19H29N5S. The quantitative estimate of drug-likeness (QED) is 0.637. The molecule has 1 saturated heterocycles. The summed E-state index contributed by atoms with van der Waals surface area (Å²) < 4.78 is 2.07. The molecule has 1 fully saturated rings. The van der Waals surface area contributed by atoms with E-state index in [2.05, 4.69) is 68.1 Å². The predicted molar refractivity (Wildman–Crippen MR) is 106 cm³/mol. The van der Waals surface area contributed by atoms with Crippen molar-refractivity contribution in [1.82, 2.24) is 20.1 Å². The number of likely N-dealkylation sites (tertiary alicyclic amines) is 1. The Bertz CT molecular complexity index is 676. The molecule has 5 nitrogen and oxygen atoms in total. The van der Waals surface area contributed by atoms with Crippen molar-refractivity contribution in [2.24, 2.45) is 18.0 Å². The summed E-state index contributed by atoms with van der Waals surface area (Å²) in [5, 5.41) is 9.14. The van der Waals surface area contributed by atoms with E-state index in [-0.39, 0.29) is 0 Å². The molecule has 2 N–H and O–H groups in total. The number of guanidine groups is 1. The van der Waals surface area contributed by atoms with Gasteiger partial charge in [0.2, 0.25) is 0 Å². The monoisotopic (exact) mass is 359 g/mol. The summed E-state index contributed by atoms with van der Waals surface area (Å²) in [4.78, 5) is 8.35. The lowest BCUT2D eigenvalue weighted by atomic mass is 9.88. The Morgan fingerprint density at radius 1 is 1.32 bits per heavy atom. The Balaban J connectivity index is 1.56. The number of hydrogen-bond acceptors (Lipinski definition) is 3. The van der Waals surface area contributed by atoms with Crippen molar-refractivity contribution in [1.29, 1.82) is 0 Å². The first-order valence-corrected chi connectivity index (χ1v) is 9.84. The predicted octanol–water partition coefficient (Wildman–Crippen LogP) is 2.83. The first-order chi connectivity index (χ1) is 12.2. The SMILES string of the molecule is CN=C(NCc1ccn(C)c1)NCC1CCCN(C)C1c1cccs1. The molecule has 2 atom stereocenters. The first kappa shape index (κ1) is 18.0. The highest BCUT2D eigenvalue weighted by atomic mass is 32.1. The van der Waals surface area contributed by atoms with E-state index in [1.807, 2.05) is 25.4 Å². The van der Waals surface area contributed by atoms with Crippen molar-refractivity contribution < 1.29 is 0 Å². The Morgan fingerprint density at radius 2 is 2.20 bits per heavy atom. The van der Waals surface area contributed by atoms with Gasteiger partial charge in [-0.05, 0) is 55.4 Å². The van der Waals surface area contributed by atoms with Crippen LogP contribution in [0.1, 0.15) is 29.3 Å². The second-order valence-electron chi connectivity index (χ2n) is 6.84. The number of thiophene rings is 1. The van der Waals surface area contributed by atoms with Crippen LogP contribution in [-0.2, 0) is 13.6 Å². The summed E-state index contributed by atoms with van der Waals surface area (Å²) in [7, 11) is 6.13. The Labute approximate surface area is 154 Å². The number of piperidine rings is 1. The Morgan fingerprint density at radius 3 is 2.88 bits per heavy atom. The van der Waals surface area contributed by atoms with Crippen LogP contribution in [-0.4, -0.2) is 42.6 Å². The number of aliphatic imine (C=N–C) groups is 1. The summed E-state index contributed by atoms with van der Waals surface area (Å²) in [6.45, 7) is 2.92. The number of rotatable bonds is 5. The van der Waals surface area contributed by atoms with E-state index in [0.29, 0.717) is 12.0 Å². The van der Waals surface area contributed by atoms with Crippen molar-refractivity contribution in [3.63, 3.8) is 0 Å². The van der Waals surface area contributed by atoms with Gasteiger partial charge in [0, 0.05) is 50.5 Å². The van der Waals surface area contributed by atoms with Gasteiger partial charge in [0.15, 0.2) is 5.96 Å². The second kappa shape index (κ2) is 8.54. The normalized spacial score (nSPS) is 22.1. The van der Waals surface area contributed by atoms with E-state index in [0.717, 1.165) is 19.0 Å². The fourth-order valence-electron chi connectivity index (χ4n) is 3.68. The Kier molecular flexibility index (Phi) is 6.15. The molecule has 6 heteroatoms. The van der Waals surface area contributed by atoms with Crippen LogP contribution in [0.3, 0.4) is 0 Å². The molecule has 1 aliphatic heterocycles. The molecule has 0 bridgehead atoms. The smallest absolute Gasteiger partial charge is 0.191 e. The van der Waals surface area contributed by atoms with Gasteiger partial charge >= 0.3 is 0 Å². The number of nitrogens with zero attached hydrogens (tertiary/aromatic N) is 3. The number of aryl methyl sites for hydroxylation is 1. The molecule has 2 unspecified atom stereocenters. The minimum Gasteiger partial charge on any atom is -0.357 e. The van der Waals surface area contributed by atoms with Crippen LogP contribution in [0.2, 0.25) is 0 Å². The average Bonchev–Trinajstić information content (AvgIpc) is 3.27. The van der Waals surface area contributed by atoms with E-state index in [4.69, 9.17) is 0 Å². The maximum atomic E-state index is 4.38. The number of nitrogens with one attached hydrogen (secondary N) is 2. The number of hydrogen-bond donors (Lipinski definition) is 2. The van der Waals surface area contributed by atoms with Crippen molar-refractivity contribution in [2.45, 2.75) is 25.4 Å². The third-order valence-electron chi connectivity index (χ3n) is 4.95.